The minimum atomic E-state index is -0.493. The van der Waals surface area contributed by atoms with Crippen LogP contribution in [0.2, 0.25) is 0 Å². The van der Waals surface area contributed by atoms with Gasteiger partial charge < -0.3 is 19.7 Å². The number of ether oxygens (including phenoxy) is 2. The van der Waals surface area contributed by atoms with Crippen LogP contribution in [0.5, 0.6) is 0 Å². The Bertz CT molecular complexity index is 117. The van der Waals surface area contributed by atoms with E-state index in [4.69, 9.17) is 14.6 Å². The maximum Gasteiger partial charge on any atom is 0.162 e. The van der Waals surface area contributed by atoms with Crippen molar-refractivity contribution in [3.63, 3.8) is 0 Å². The largest absolute Gasteiger partial charge is 0.396 e. The van der Waals surface area contributed by atoms with Crippen LogP contribution in [-0.2, 0) is 9.47 Å². The van der Waals surface area contributed by atoms with Crippen molar-refractivity contribution < 1.29 is 19.7 Å². The van der Waals surface area contributed by atoms with E-state index in [1.807, 2.05) is 0 Å². The predicted octanol–water partition coefficient (Wildman–Crippen LogP) is -0.651. The standard InChI is InChI=1S/C7H14O4/c1-10-7-5(2-3-8)6(9)4-11-7/h5-9H,2-4H2,1H3/t5-,6-,7-/m0/s1. The molecule has 4 nitrogen and oxygen atoms in total. The molecule has 66 valence electrons. The maximum absolute atomic E-state index is 9.31. The van der Waals surface area contributed by atoms with E-state index in [0.717, 1.165) is 0 Å². The highest BCUT2D eigenvalue weighted by Gasteiger charge is 2.35. The molecule has 1 fully saturated rings. The van der Waals surface area contributed by atoms with Crippen LogP contribution in [0.3, 0.4) is 0 Å². The molecule has 4 heteroatoms. The number of methoxy groups -OCH3 is 1. The first-order valence-electron chi connectivity index (χ1n) is 3.73. The molecule has 1 saturated heterocycles. The average Bonchev–Trinajstić information content (AvgIpc) is 2.34. The Morgan fingerprint density at radius 1 is 1.64 bits per heavy atom. The van der Waals surface area contributed by atoms with E-state index in [1.165, 1.54) is 7.11 Å². The van der Waals surface area contributed by atoms with E-state index >= 15 is 0 Å². The molecular weight excluding hydrogens is 148 g/mol. The van der Waals surface area contributed by atoms with Gasteiger partial charge >= 0.3 is 0 Å². The Morgan fingerprint density at radius 2 is 2.36 bits per heavy atom. The van der Waals surface area contributed by atoms with Crippen LogP contribution in [0.4, 0.5) is 0 Å². The molecule has 0 aliphatic carbocycles. The van der Waals surface area contributed by atoms with Crippen molar-refractivity contribution in [2.24, 2.45) is 5.92 Å². The zero-order valence-electron chi connectivity index (χ0n) is 6.56. The zero-order valence-corrected chi connectivity index (χ0v) is 6.56. The van der Waals surface area contributed by atoms with Gasteiger partial charge in [-0.15, -0.1) is 0 Å². The molecule has 11 heavy (non-hydrogen) atoms. The van der Waals surface area contributed by atoms with Crippen molar-refractivity contribution >= 4 is 0 Å². The highest BCUT2D eigenvalue weighted by atomic mass is 16.7. The summed E-state index contributed by atoms with van der Waals surface area (Å²) in [6.07, 6.45) is -0.316. The van der Waals surface area contributed by atoms with Gasteiger partial charge in [-0.25, -0.2) is 0 Å². The van der Waals surface area contributed by atoms with Gasteiger partial charge in [0.05, 0.1) is 12.7 Å². The smallest absolute Gasteiger partial charge is 0.162 e. The molecule has 0 aromatic carbocycles. The second-order valence-corrected chi connectivity index (χ2v) is 2.68. The monoisotopic (exact) mass is 162 g/mol. The third-order valence-electron chi connectivity index (χ3n) is 1.97. The lowest BCUT2D eigenvalue weighted by Crippen LogP contribution is -2.26. The summed E-state index contributed by atoms with van der Waals surface area (Å²) in [5, 5.41) is 17.9. The van der Waals surface area contributed by atoms with Crippen LogP contribution in [0.15, 0.2) is 0 Å². The third kappa shape index (κ3) is 1.90. The summed E-state index contributed by atoms with van der Waals surface area (Å²) in [5.41, 5.74) is 0. The molecule has 3 atom stereocenters. The van der Waals surface area contributed by atoms with E-state index in [9.17, 15) is 5.11 Å². The van der Waals surface area contributed by atoms with Crippen LogP contribution in [0.1, 0.15) is 6.42 Å². The molecule has 1 rings (SSSR count). The molecule has 0 amide bonds. The second kappa shape index (κ2) is 4.01. The lowest BCUT2D eigenvalue weighted by atomic mass is 10.0. The van der Waals surface area contributed by atoms with Crippen molar-refractivity contribution in [1.29, 1.82) is 0 Å². The van der Waals surface area contributed by atoms with Gasteiger partial charge in [0.2, 0.25) is 0 Å². The molecule has 1 aliphatic heterocycles. The number of hydrogen-bond acceptors (Lipinski definition) is 4. The van der Waals surface area contributed by atoms with Crippen molar-refractivity contribution in [2.75, 3.05) is 20.3 Å². The number of aliphatic hydroxyl groups is 2. The van der Waals surface area contributed by atoms with Gasteiger partial charge in [0.1, 0.15) is 0 Å². The highest BCUT2D eigenvalue weighted by molar-refractivity contribution is 4.77. The number of rotatable bonds is 3. The zero-order chi connectivity index (χ0) is 8.27. The van der Waals surface area contributed by atoms with E-state index < -0.39 is 6.10 Å². The summed E-state index contributed by atoms with van der Waals surface area (Å²) in [7, 11) is 1.53. The van der Waals surface area contributed by atoms with Crippen LogP contribution in [0, 0.1) is 5.92 Å². The molecule has 1 aliphatic rings. The second-order valence-electron chi connectivity index (χ2n) is 2.68. The Labute approximate surface area is 65.7 Å². The molecule has 0 unspecified atom stereocenters. The van der Waals surface area contributed by atoms with Gasteiger partial charge in [-0.2, -0.15) is 0 Å². The van der Waals surface area contributed by atoms with E-state index in [0.29, 0.717) is 13.0 Å². The first kappa shape index (κ1) is 8.93. The van der Waals surface area contributed by atoms with Gasteiger partial charge in [0, 0.05) is 19.6 Å². The Hall–Kier alpha value is -0.160. The quantitative estimate of drug-likeness (QED) is 0.579. The molecule has 0 spiro atoms. The summed E-state index contributed by atoms with van der Waals surface area (Å²) >= 11 is 0. The van der Waals surface area contributed by atoms with Crippen molar-refractivity contribution in [2.45, 2.75) is 18.8 Å². The third-order valence-corrected chi connectivity index (χ3v) is 1.97. The minimum absolute atomic E-state index is 0.0605. The van der Waals surface area contributed by atoms with E-state index in [1.54, 1.807) is 0 Å². The average molecular weight is 162 g/mol. The van der Waals surface area contributed by atoms with Gasteiger partial charge in [-0.3, -0.25) is 0 Å². The van der Waals surface area contributed by atoms with Crippen LogP contribution in [-0.4, -0.2) is 42.9 Å². The van der Waals surface area contributed by atoms with Crippen LogP contribution in [0.25, 0.3) is 0 Å². The molecular formula is C7H14O4. The van der Waals surface area contributed by atoms with Crippen LogP contribution < -0.4 is 0 Å². The van der Waals surface area contributed by atoms with Gasteiger partial charge in [-0.1, -0.05) is 0 Å². The first-order valence-corrected chi connectivity index (χ1v) is 3.73. The number of aliphatic hydroxyl groups excluding tert-OH is 2. The molecule has 1 heterocycles. The molecule has 2 N–H and O–H groups in total. The fraction of sp³-hybridized carbons (Fsp3) is 1.00. The van der Waals surface area contributed by atoms with E-state index in [-0.39, 0.29) is 18.8 Å². The van der Waals surface area contributed by atoms with Gasteiger partial charge in [0.25, 0.3) is 0 Å². The lowest BCUT2D eigenvalue weighted by molar-refractivity contribution is -0.113. The summed E-state index contributed by atoms with van der Waals surface area (Å²) in [6, 6.07) is 0. The first-order chi connectivity index (χ1) is 5.29. The van der Waals surface area contributed by atoms with Crippen molar-refractivity contribution in [1.82, 2.24) is 0 Å². The summed E-state index contributed by atoms with van der Waals surface area (Å²) in [4.78, 5) is 0. The van der Waals surface area contributed by atoms with Gasteiger partial charge in [-0.05, 0) is 6.42 Å². The van der Waals surface area contributed by atoms with Gasteiger partial charge in [0.15, 0.2) is 6.29 Å². The normalized spacial score (nSPS) is 37.9. The highest BCUT2D eigenvalue weighted by Crippen LogP contribution is 2.24. The minimum Gasteiger partial charge on any atom is -0.396 e. The molecule has 0 aromatic rings. The summed E-state index contributed by atoms with van der Waals surface area (Å²) in [6.45, 7) is 0.369. The molecule has 0 aromatic heterocycles. The summed E-state index contributed by atoms with van der Waals surface area (Å²) < 4.78 is 10.0. The van der Waals surface area contributed by atoms with E-state index in [2.05, 4.69) is 0 Å². The van der Waals surface area contributed by atoms with Crippen molar-refractivity contribution in [3.05, 3.63) is 0 Å². The van der Waals surface area contributed by atoms with Crippen LogP contribution >= 0.6 is 0 Å². The topological polar surface area (TPSA) is 58.9 Å². The molecule has 0 bridgehead atoms. The van der Waals surface area contributed by atoms with Crippen molar-refractivity contribution in [3.8, 4) is 0 Å². The maximum atomic E-state index is 9.31. The molecule has 0 radical (unpaired) electrons. The Morgan fingerprint density at radius 3 is 2.91 bits per heavy atom. The number of hydrogen-bond donors (Lipinski definition) is 2. The Kier molecular flexibility index (Phi) is 3.26. The fourth-order valence-electron chi connectivity index (χ4n) is 1.34. The fourth-order valence-corrected chi connectivity index (χ4v) is 1.34. The summed E-state index contributed by atoms with van der Waals surface area (Å²) in [5.74, 6) is -0.0787. The molecule has 0 saturated carbocycles. The predicted molar refractivity (Wildman–Crippen MR) is 37.9 cm³/mol. The Balaban J connectivity index is 2.42. The SMILES string of the molecule is CO[C@H]1OC[C@H](O)[C@@H]1CCO. The lowest BCUT2D eigenvalue weighted by Gasteiger charge is -2.17.